The molecule has 1 amide bonds. The summed E-state index contributed by atoms with van der Waals surface area (Å²) in [5.41, 5.74) is 2.93. The second kappa shape index (κ2) is 10.6. The molecule has 1 aliphatic heterocycles. The van der Waals surface area contributed by atoms with Crippen molar-refractivity contribution in [2.24, 2.45) is 0 Å². The molecule has 1 fully saturated rings. The summed E-state index contributed by atoms with van der Waals surface area (Å²) in [6, 6.07) is 15.8. The van der Waals surface area contributed by atoms with Crippen LogP contribution in [0, 0.1) is 0 Å². The molecular formula is C25H27NO4S. The van der Waals surface area contributed by atoms with Crippen LogP contribution in [0.2, 0.25) is 0 Å². The highest BCUT2D eigenvalue weighted by Gasteiger charge is 2.26. The number of carbonyl (C=O) groups is 2. The van der Waals surface area contributed by atoms with Crippen LogP contribution in [0.4, 0.5) is 0 Å². The van der Waals surface area contributed by atoms with Crippen molar-refractivity contribution in [3.63, 3.8) is 0 Å². The van der Waals surface area contributed by atoms with E-state index in [2.05, 4.69) is 18.2 Å². The van der Waals surface area contributed by atoms with Crippen molar-refractivity contribution in [2.75, 3.05) is 32.1 Å². The average Bonchev–Trinajstić information content (AvgIpc) is 3.19. The predicted molar refractivity (Wildman–Crippen MR) is 123 cm³/mol. The summed E-state index contributed by atoms with van der Waals surface area (Å²) < 4.78 is 11.8. The fraction of sp³-hybridized carbons (Fsp3) is 0.360. The van der Waals surface area contributed by atoms with Crippen LogP contribution < -0.4 is 4.74 Å². The summed E-state index contributed by atoms with van der Waals surface area (Å²) in [6.07, 6.45) is 3.70. The molecule has 1 saturated heterocycles. The number of Topliss-reactive ketones (excluding diaryl/α,β-unsaturated/α-hetero) is 1. The maximum absolute atomic E-state index is 12.6. The van der Waals surface area contributed by atoms with E-state index in [0.717, 1.165) is 34.6 Å². The van der Waals surface area contributed by atoms with E-state index in [1.165, 1.54) is 0 Å². The lowest BCUT2D eigenvalue weighted by molar-refractivity contribution is -0.139. The predicted octanol–water partition coefficient (Wildman–Crippen LogP) is 4.22. The van der Waals surface area contributed by atoms with Gasteiger partial charge in [0.1, 0.15) is 18.5 Å². The Morgan fingerprint density at radius 3 is 2.90 bits per heavy atom. The first-order valence-electron chi connectivity index (χ1n) is 10.7. The van der Waals surface area contributed by atoms with E-state index in [0.29, 0.717) is 39.1 Å². The molecule has 0 N–H and O–H groups in total. The molecule has 4 rings (SSSR count). The van der Waals surface area contributed by atoms with E-state index in [-0.39, 0.29) is 17.8 Å². The number of ether oxygens (including phenoxy) is 2. The molecule has 0 aromatic heterocycles. The average molecular weight is 438 g/mol. The third kappa shape index (κ3) is 5.77. The SMILES string of the molecule is O=C1CCc2c(OCC3CN(C(=O)CCSC=Cc4ccccc4)CCO3)cccc21. The first kappa shape index (κ1) is 21.7. The Labute approximate surface area is 187 Å². The summed E-state index contributed by atoms with van der Waals surface area (Å²) in [6.45, 7) is 2.06. The van der Waals surface area contributed by atoms with Crippen LogP contribution in [0.15, 0.2) is 53.9 Å². The Hall–Kier alpha value is -2.57. The summed E-state index contributed by atoms with van der Waals surface area (Å²) in [5, 5.41) is 2.04. The van der Waals surface area contributed by atoms with E-state index in [1.807, 2.05) is 46.7 Å². The van der Waals surface area contributed by atoms with Crippen molar-refractivity contribution < 1.29 is 19.1 Å². The van der Waals surface area contributed by atoms with Gasteiger partial charge in [-0.3, -0.25) is 9.59 Å². The van der Waals surface area contributed by atoms with E-state index in [1.54, 1.807) is 11.8 Å². The van der Waals surface area contributed by atoms with Crippen LogP contribution in [-0.2, 0) is 16.0 Å². The minimum absolute atomic E-state index is 0.153. The summed E-state index contributed by atoms with van der Waals surface area (Å²) in [4.78, 5) is 26.4. The lowest BCUT2D eigenvalue weighted by Crippen LogP contribution is -2.47. The van der Waals surface area contributed by atoms with E-state index < -0.39 is 0 Å². The zero-order valence-electron chi connectivity index (χ0n) is 17.5. The van der Waals surface area contributed by atoms with Gasteiger partial charge in [-0.1, -0.05) is 42.5 Å². The second-order valence-corrected chi connectivity index (χ2v) is 8.70. The molecule has 0 bridgehead atoms. The molecule has 0 radical (unpaired) electrons. The van der Waals surface area contributed by atoms with Crippen LogP contribution in [0.25, 0.3) is 6.08 Å². The summed E-state index contributed by atoms with van der Waals surface area (Å²) >= 11 is 1.65. The van der Waals surface area contributed by atoms with Gasteiger partial charge >= 0.3 is 0 Å². The van der Waals surface area contributed by atoms with Crippen LogP contribution in [0.3, 0.4) is 0 Å². The van der Waals surface area contributed by atoms with Crippen LogP contribution in [-0.4, -0.2) is 54.8 Å². The molecule has 6 heteroatoms. The molecule has 1 aliphatic carbocycles. The Morgan fingerprint density at radius 2 is 2.03 bits per heavy atom. The van der Waals surface area contributed by atoms with Gasteiger partial charge < -0.3 is 14.4 Å². The van der Waals surface area contributed by atoms with Crippen molar-refractivity contribution in [1.29, 1.82) is 0 Å². The maximum Gasteiger partial charge on any atom is 0.223 e. The molecule has 162 valence electrons. The van der Waals surface area contributed by atoms with Crippen molar-refractivity contribution in [3.05, 3.63) is 70.6 Å². The Balaban J connectivity index is 1.21. The van der Waals surface area contributed by atoms with Gasteiger partial charge in [0.25, 0.3) is 0 Å². The molecular weight excluding hydrogens is 410 g/mol. The first-order chi connectivity index (χ1) is 15.2. The smallest absolute Gasteiger partial charge is 0.223 e. The van der Waals surface area contributed by atoms with E-state index >= 15 is 0 Å². The zero-order chi connectivity index (χ0) is 21.5. The Morgan fingerprint density at radius 1 is 1.16 bits per heavy atom. The number of hydrogen-bond acceptors (Lipinski definition) is 5. The number of carbonyl (C=O) groups excluding carboxylic acids is 2. The maximum atomic E-state index is 12.6. The highest BCUT2D eigenvalue weighted by Crippen LogP contribution is 2.30. The molecule has 2 aliphatic rings. The number of benzene rings is 2. The van der Waals surface area contributed by atoms with Gasteiger partial charge in [0.2, 0.25) is 5.91 Å². The molecule has 2 aromatic carbocycles. The molecule has 1 atom stereocenters. The fourth-order valence-electron chi connectivity index (χ4n) is 3.89. The number of hydrogen-bond donors (Lipinski definition) is 0. The first-order valence-corrected chi connectivity index (χ1v) is 11.8. The van der Waals surface area contributed by atoms with E-state index in [4.69, 9.17) is 9.47 Å². The molecule has 2 aromatic rings. The van der Waals surface area contributed by atoms with Gasteiger partial charge in [-0.15, -0.1) is 11.8 Å². The molecule has 31 heavy (non-hydrogen) atoms. The van der Waals surface area contributed by atoms with Crippen molar-refractivity contribution in [1.82, 2.24) is 4.90 Å². The number of amides is 1. The molecule has 0 saturated carbocycles. The van der Waals surface area contributed by atoms with Gasteiger partial charge in [0.05, 0.1) is 13.2 Å². The van der Waals surface area contributed by atoms with E-state index in [9.17, 15) is 9.59 Å². The number of thioether (sulfide) groups is 1. The standard InChI is InChI=1S/C25H27NO4S/c27-23-10-9-22-21(23)7-4-8-24(22)30-18-20-17-26(13-14-29-20)25(28)12-16-31-15-11-19-5-2-1-3-6-19/h1-8,11,15,20H,9-10,12-14,16-18H2. The largest absolute Gasteiger partial charge is 0.491 e. The topological polar surface area (TPSA) is 55.8 Å². The monoisotopic (exact) mass is 437 g/mol. The lowest BCUT2D eigenvalue weighted by atomic mass is 10.1. The van der Waals surface area contributed by atoms with Gasteiger partial charge in [-0.25, -0.2) is 0 Å². The van der Waals surface area contributed by atoms with Crippen LogP contribution in [0.1, 0.15) is 34.3 Å². The number of ketones is 1. The summed E-state index contributed by atoms with van der Waals surface area (Å²) in [7, 11) is 0. The van der Waals surface area contributed by atoms with Crippen LogP contribution in [0.5, 0.6) is 5.75 Å². The molecule has 1 heterocycles. The van der Waals surface area contributed by atoms with Gasteiger partial charge in [-0.05, 0) is 29.5 Å². The van der Waals surface area contributed by atoms with Crippen LogP contribution >= 0.6 is 11.8 Å². The number of nitrogens with zero attached hydrogens (tertiary/aromatic N) is 1. The minimum Gasteiger partial charge on any atom is -0.491 e. The highest BCUT2D eigenvalue weighted by molar-refractivity contribution is 8.02. The van der Waals surface area contributed by atoms with Gasteiger partial charge in [-0.2, -0.15) is 0 Å². The zero-order valence-corrected chi connectivity index (χ0v) is 18.3. The fourth-order valence-corrected chi connectivity index (χ4v) is 4.57. The third-order valence-corrected chi connectivity index (χ3v) is 6.31. The quantitative estimate of drug-likeness (QED) is 0.579. The number of morpholine rings is 1. The van der Waals surface area contributed by atoms with Gasteiger partial charge in [0.15, 0.2) is 5.78 Å². The third-order valence-electron chi connectivity index (χ3n) is 5.54. The number of fused-ring (bicyclic) bond motifs is 1. The normalized spacial score (nSPS) is 18.4. The number of rotatable bonds is 8. The minimum atomic E-state index is -0.156. The van der Waals surface area contributed by atoms with Crippen molar-refractivity contribution in [3.8, 4) is 5.75 Å². The Kier molecular flexibility index (Phi) is 7.43. The highest BCUT2D eigenvalue weighted by atomic mass is 32.2. The summed E-state index contributed by atoms with van der Waals surface area (Å²) in [5.74, 6) is 1.85. The van der Waals surface area contributed by atoms with Crippen molar-refractivity contribution in [2.45, 2.75) is 25.4 Å². The van der Waals surface area contributed by atoms with Crippen molar-refractivity contribution >= 4 is 29.5 Å². The molecule has 0 spiro atoms. The second-order valence-electron chi connectivity index (χ2n) is 7.68. The molecule has 1 unspecified atom stereocenters. The van der Waals surface area contributed by atoms with Gasteiger partial charge in [0, 0.05) is 36.3 Å². The lowest BCUT2D eigenvalue weighted by Gasteiger charge is -2.33. The molecule has 5 nitrogen and oxygen atoms in total. The Bertz CT molecular complexity index is 944.